The third kappa shape index (κ3) is 5.42. The van der Waals surface area contributed by atoms with Crippen LogP contribution in [0.2, 0.25) is 0 Å². The van der Waals surface area contributed by atoms with E-state index in [4.69, 9.17) is 4.42 Å². The maximum atomic E-state index is 9.68. The van der Waals surface area contributed by atoms with Crippen molar-refractivity contribution in [2.75, 3.05) is 4.90 Å². The molecule has 1 aromatic heterocycles. The van der Waals surface area contributed by atoms with Gasteiger partial charge in [-0.3, -0.25) is 0 Å². The highest BCUT2D eigenvalue weighted by atomic mass is 16.3. The molecule has 0 aliphatic rings. The summed E-state index contributed by atoms with van der Waals surface area (Å²) in [6.07, 6.45) is 0. The Morgan fingerprint density at radius 3 is 1.80 bits per heavy atom. The number of anilines is 3. The highest BCUT2D eigenvalue weighted by molar-refractivity contribution is 6.19. The molecule has 10 aromatic carbocycles. The molecule has 2 nitrogen and oxygen atoms in total. The van der Waals surface area contributed by atoms with Gasteiger partial charge in [0.2, 0.25) is 0 Å². The van der Waals surface area contributed by atoms with Crippen molar-refractivity contribution in [3.8, 4) is 33.4 Å². The molecule has 0 bridgehead atoms. The minimum absolute atomic E-state index is 0.107. The van der Waals surface area contributed by atoms with Crippen molar-refractivity contribution in [1.29, 1.82) is 0 Å². The van der Waals surface area contributed by atoms with Crippen molar-refractivity contribution in [2.45, 2.75) is 0 Å². The van der Waals surface area contributed by atoms with Gasteiger partial charge in [-0.05, 0) is 115 Å². The lowest BCUT2D eigenvalue weighted by Crippen LogP contribution is -2.10. The zero-order chi connectivity index (χ0) is 40.5. The van der Waals surface area contributed by atoms with Gasteiger partial charge in [-0.15, -0.1) is 0 Å². The Balaban J connectivity index is 1.10. The lowest BCUT2D eigenvalue weighted by Gasteiger charge is -2.27. The average molecular weight is 718 g/mol. The molecule has 0 saturated heterocycles. The molecular weight excluding hydrogens is 679 g/mol. The molecule has 262 valence electrons. The van der Waals surface area contributed by atoms with Gasteiger partial charge >= 0.3 is 0 Å². The van der Waals surface area contributed by atoms with Crippen LogP contribution in [0.15, 0.2) is 217 Å². The van der Waals surface area contributed by atoms with E-state index in [-0.39, 0.29) is 35.4 Å². The standard InChI is InChI=1S/C54H35NO/c1-2-13-41-35-44(23-22-36(41)10-1)43-16-7-15-42(34-43)37-24-29-45(30-25-37)55(46-31-26-40(27-32-46)48-19-8-14-38-11-3-5-17-47(38)48)51-20-9-21-52-53(51)50-33-28-39-12-4-6-18-49(39)54(50)56-52/h1-35H/i26D,27D,31D,32D. The van der Waals surface area contributed by atoms with E-state index >= 15 is 0 Å². The van der Waals surface area contributed by atoms with Gasteiger partial charge in [-0.25, -0.2) is 0 Å². The summed E-state index contributed by atoms with van der Waals surface area (Å²) in [5.74, 6) is 0. The van der Waals surface area contributed by atoms with E-state index < -0.39 is 0 Å². The zero-order valence-electron chi connectivity index (χ0n) is 34.3. The van der Waals surface area contributed by atoms with Crippen LogP contribution >= 0.6 is 0 Å². The molecule has 0 atom stereocenters. The van der Waals surface area contributed by atoms with Crippen LogP contribution in [0.4, 0.5) is 17.1 Å². The lowest BCUT2D eigenvalue weighted by atomic mass is 9.97. The Labute approximate surface area is 330 Å². The van der Waals surface area contributed by atoms with Gasteiger partial charge in [-0.1, -0.05) is 158 Å². The van der Waals surface area contributed by atoms with Gasteiger partial charge in [0, 0.05) is 22.1 Å². The summed E-state index contributed by atoms with van der Waals surface area (Å²) < 4.78 is 45.0. The van der Waals surface area contributed by atoms with Crippen molar-refractivity contribution >= 4 is 71.3 Å². The van der Waals surface area contributed by atoms with Crippen LogP contribution in [-0.4, -0.2) is 0 Å². The van der Waals surface area contributed by atoms with E-state index in [2.05, 4.69) is 103 Å². The van der Waals surface area contributed by atoms with E-state index in [0.29, 0.717) is 22.5 Å². The fraction of sp³-hybridized carbons (Fsp3) is 0. The third-order valence-corrected chi connectivity index (χ3v) is 10.9. The van der Waals surface area contributed by atoms with Gasteiger partial charge in [0.25, 0.3) is 0 Å². The Bertz CT molecular complexity index is 3460. The molecule has 0 aliphatic carbocycles. The molecule has 11 rings (SSSR count). The van der Waals surface area contributed by atoms with Crippen molar-refractivity contribution in [3.05, 3.63) is 212 Å². The van der Waals surface area contributed by atoms with Gasteiger partial charge in [0.05, 0.1) is 16.6 Å². The Morgan fingerprint density at radius 2 is 0.982 bits per heavy atom. The summed E-state index contributed by atoms with van der Waals surface area (Å²) in [5.41, 5.74) is 8.19. The third-order valence-electron chi connectivity index (χ3n) is 10.9. The number of nitrogens with zero attached hydrogens (tertiary/aromatic N) is 1. The van der Waals surface area contributed by atoms with Crippen molar-refractivity contribution in [2.24, 2.45) is 0 Å². The minimum atomic E-state index is -0.138. The molecule has 0 aliphatic heterocycles. The van der Waals surface area contributed by atoms with Crippen LogP contribution in [-0.2, 0) is 0 Å². The normalized spacial score (nSPS) is 12.6. The molecule has 56 heavy (non-hydrogen) atoms. The van der Waals surface area contributed by atoms with E-state index in [0.717, 1.165) is 60.2 Å². The molecule has 0 N–H and O–H groups in total. The topological polar surface area (TPSA) is 16.4 Å². The molecule has 0 radical (unpaired) electrons. The summed E-state index contributed by atoms with van der Waals surface area (Å²) in [4.78, 5) is 1.87. The van der Waals surface area contributed by atoms with Crippen LogP contribution < -0.4 is 4.90 Å². The van der Waals surface area contributed by atoms with Crippen LogP contribution in [0.5, 0.6) is 0 Å². The second-order valence-electron chi connectivity index (χ2n) is 14.2. The number of benzene rings is 10. The molecule has 0 unspecified atom stereocenters. The van der Waals surface area contributed by atoms with Gasteiger partial charge in [-0.2, -0.15) is 0 Å². The summed E-state index contributed by atoms with van der Waals surface area (Å²) in [7, 11) is 0. The van der Waals surface area contributed by atoms with Gasteiger partial charge in [0.15, 0.2) is 0 Å². The largest absolute Gasteiger partial charge is 0.455 e. The quantitative estimate of drug-likeness (QED) is 0.170. The minimum Gasteiger partial charge on any atom is -0.455 e. The fourth-order valence-electron chi connectivity index (χ4n) is 8.16. The Hall–Kier alpha value is -7.42. The second kappa shape index (κ2) is 13.2. The first-order valence-corrected chi connectivity index (χ1v) is 18.8. The predicted molar refractivity (Wildman–Crippen MR) is 237 cm³/mol. The fourth-order valence-corrected chi connectivity index (χ4v) is 8.16. The molecular formula is C54H35NO. The SMILES string of the molecule is [2H]c1c([2H])c(N(c2ccc(-c3cccc(-c4ccc5ccccc5c4)c3)cc2)c2cccc3oc4c5ccccc5ccc4c23)c([2H])c([2H])c1-c1cccc2ccccc12. The summed E-state index contributed by atoms with van der Waals surface area (Å²) in [6.45, 7) is 0. The number of rotatable bonds is 6. The Morgan fingerprint density at radius 1 is 0.375 bits per heavy atom. The zero-order valence-corrected chi connectivity index (χ0v) is 30.3. The van der Waals surface area contributed by atoms with Crippen LogP contribution in [0.25, 0.3) is 87.6 Å². The maximum Gasteiger partial charge on any atom is 0.143 e. The van der Waals surface area contributed by atoms with E-state index in [1.165, 1.54) is 10.8 Å². The molecule has 0 fully saturated rings. The van der Waals surface area contributed by atoms with Crippen molar-refractivity contribution < 1.29 is 9.90 Å². The number of fused-ring (bicyclic) bond motifs is 7. The van der Waals surface area contributed by atoms with Gasteiger partial charge < -0.3 is 9.32 Å². The van der Waals surface area contributed by atoms with Crippen LogP contribution in [0, 0.1) is 0 Å². The molecule has 11 aromatic rings. The first-order chi connectivity index (χ1) is 29.4. The van der Waals surface area contributed by atoms with E-state index in [9.17, 15) is 5.48 Å². The Kier molecular flexibility index (Phi) is 6.60. The summed E-state index contributed by atoms with van der Waals surface area (Å²) in [5, 5.41) is 8.00. The van der Waals surface area contributed by atoms with Crippen molar-refractivity contribution in [3.63, 3.8) is 0 Å². The maximum absolute atomic E-state index is 9.68. The molecule has 0 spiro atoms. The molecule has 0 amide bonds. The highest BCUT2D eigenvalue weighted by Crippen LogP contribution is 2.45. The van der Waals surface area contributed by atoms with Crippen LogP contribution in [0.1, 0.15) is 5.48 Å². The first-order valence-electron chi connectivity index (χ1n) is 20.8. The summed E-state index contributed by atoms with van der Waals surface area (Å²) in [6, 6.07) is 62.8. The van der Waals surface area contributed by atoms with E-state index in [1.54, 1.807) is 0 Å². The van der Waals surface area contributed by atoms with Gasteiger partial charge in [0.1, 0.15) is 11.2 Å². The number of hydrogen-bond acceptors (Lipinski definition) is 2. The number of hydrogen-bond donors (Lipinski definition) is 0. The second-order valence-corrected chi connectivity index (χ2v) is 14.2. The molecule has 2 heteroatoms. The highest BCUT2D eigenvalue weighted by Gasteiger charge is 2.21. The van der Waals surface area contributed by atoms with Crippen molar-refractivity contribution in [1.82, 2.24) is 0 Å². The average Bonchev–Trinajstić information content (AvgIpc) is 3.70. The molecule has 1 heterocycles. The smallest absolute Gasteiger partial charge is 0.143 e. The molecule has 0 saturated carbocycles. The first kappa shape index (κ1) is 28.1. The predicted octanol–water partition coefficient (Wildman–Crippen LogP) is 15.5. The summed E-state index contributed by atoms with van der Waals surface area (Å²) >= 11 is 0. The van der Waals surface area contributed by atoms with Crippen LogP contribution in [0.3, 0.4) is 0 Å². The number of furan rings is 1. The van der Waals surface area contributed by atoms with E-state index in [1.807, 2.05) is 89.8 Å². The lowest BCUT2D eigenvalue weighted by molar-refractivity contribution is 0.672. The monoisotopic (exact) mass is 717 g/mol.